The Morgan fingerprint density at radius 2 is 1.95 bits per heavy atom. The third-order valence-corrected chi connectivity index (χ3v) is 4.47. The summed E-state index contributed by atoms with van der Waals surface area (Å²) < 4.78 is 5.25. The molecule has 0 saturated carbocycles. The number of methoxy groups -OCH3 is 1. The van der Waals surface area contributed by atoms with Crippen LogP contribution in [0.25, 0.3) is 0 Å². The van der Waals surface area contributed by atoms with Crippen molar-refractivity contribution in [1.29, 1.82) is 0 Å². The van der Waals surface area contributed by atoms with Crippen LogP contribution < -0.4 is 0 Å². The van der Waals surface area contributed by atoms with E-state index in [-0.39, 0.29) is 0 Å². The topological polar surface area (TPSA) is 49.8 Å². The molecule has 1 atom stereocenters. The molecule has 0 spiro atoms. The van der Waals surface area contributed by atoms with Gasteiger partial charge in [0, 0.05) is 20.3 Å². The second-order valence-corrected chi connectivity index (χ2v) is 6.05. The van der Waals surface area contributed by atoms with Gasteiger partial charge in [-0.2, -0.15) is 0 Å². The van der Waals surface area contributed by atoms with Crippen LogP contribution in [0.4, 0.5) is 0 Å². The highest BCUT2D eigenvalue weighted by Gasteiger charge is 2.23. The first-order valence-corrected chi connectivity index (χ1v) is 7.63. The van der Waals surface area contributed by atoms with Crippen LogP contribution in [0.2, 0.25) is 0 Å². The van der Waals surface area contributed by atoms with Crippen molar-refractivity contribution in [2.75, 3.05) is 26.8 Å². The van der Waals surface area contributed by atoms with Crippen molar-refractivity contribution < 1.29 is 14.6 Å². The Bertz CT molecular complexity index is 450. The van der Waals surface area contributed by atoms with Crippen molar-refractivity contribution in [3.8, 4) is 0 Å². The van der Waals surface area contributed by atoms with Crippen molar-refractivity contribution in [3.05, 3.63) is 35.4 Å². The van der Waals surface area contributed by atoms with Gasteiger partial charge < -0.3 is 9.84 Å². The minimum atomic E-state index is -0.866. The number of hydrogen-bond acceptors (Lipinski definition) is 3. The Balaban J connectivity index is 1.81. The summed E-state index contributed by atoms with van der Waals surface area (Å²) in [4.78, 5) is 13.3. The van der Waals surface area contributed by atoms with Gasteiger partial charge in [0.25, 0.3) is 0 Å². The van der Waals surface area contributed by atoms with Gasteiger partial charge in [-0.1, -0.05) is 19.1 Å². The number of likely N-dealkylation sites (tertiary alicyclic amines) is 1. The molecule has 1 aliphatic rings. The summed E-state index contributed by atoms with van der Waals surface area (Å²) in [6, 6.07) is 7.21. The van der Waals surface area contributed by atoms with Crippen LogP contribution in [0.1, 0.15) is 35.7 Å². The number of ether oxygens (including phenoxy) is 1. The predicted octanol–water partition coefficient (Wildman–Crippen LogP) is 2.88. The van der Waals surface area contributed by atoms with Gasteiger partial charge in [0.2, 0.25) is 0 Å². The second-order valence-electron chi connectivity index (χ2n) is 6.05. The number of hydrogen-bond donors (Lipinski definition) is 1. The first kappa shape index (κ1) is 16.0. The lowest BCUT2D eigenvalue weighted by Crippen LogP contribution is -2.36. The summed E-state index contributed by atoms with van der Waals surface area (Å²) in [6.07, 6.45) is 2.44. The van der Waals surface area contributed by atoms with Gasteiger partial charge in [-0.25, -0.2) is 4.79 Å². The maximum atomic E-state index is 10.8. The summed E-state index contributed by atoms with van der Waals surface area (Å²) in [5.74, 6) is 0.525. The molecular weight excluding hydrogens is 266 g/mol. The number of carbonyl (C=O) groups is 1. The molecule has 1 N–H and O–H groups in total. The minimum absolute atomic E-state index is 0.353. The highest BCUT2D eigenvalue weighted by atomic mass is 16.5. The number of carboxylic acid groups (broad SMARTS) is 1. The van der Waals surface area contributed by atoms with E-state index in [1.165, 1.54) is 18.4 Å². The Morgan fingerprint density at radius 3 is 2.48 bits per heavy atom. The summed E-state index contributed by atoms with van der Waals surface area (Å²) in [6.45, 7) is 6.25. The van der Waals surface area contributed by atoms with Crippen molar-refractivity contribution in [3.63, 3.8) is 0 Å². The van der Waals surface area contributed by atoms with Gasteiger partial charge in [0.1, 0.15) is 0 Å². The molecule has 0 bridgehead atoms. The monoisotopic (exact) mass is 291 g/mol. The smallest absolute Gasteiger partial charge is 0.335 e. The van der Waals surface area contributed by atoms with E-state index in [0.29, 0.717) is 11.5 Å². The fourth-order valence-electron chi connectivity index (χ4n) is 3.09. The van der Waals surface area contributed by atoms with Crippen molar-refractivity contribution in [2.45, 2.75) is 26.3 Å². The normalized spacial score (nSPS) is 18.6. The largest absolute Gasteiger partial charge is 0.478 e. The van der Waals surface area contributed by atoms with Gasteiger partial charge in [0.05, 0.1) is 5.56 Å². The van der Waals surface area contributed by atoms with Crippen LogP contribution in [0.15, 0.2) is 24.3 Å². The molecule has 2 rings (SSSR count). The Labute approximate surface area is 126 Å². The highest BCUT2D eigenvalue weighted by molar-refractivity contribution is 5.87. The van der Waals surface area contributed by atoms with Gasteiger partial charge in [-0.3, -0.25) is 4.90 Å². The molecule has 116 valence electrons. The first-order chi connectivity index (χ1) is 10.1. The molecule has 1 unspecified atom stereocenters. The average molecular weight is 291 g/mol. The molecule has 0 radical (unpaired) electrons. The standard InChI is InChI=1S/C17H25NO3/c1-13(12-21-2)15-7-9-18(10-8-15)11-14-3-5-16(6-4-14)17(19)20/h3-6,13,15H,7-12H2,1-2H3,(H,19,20). The fourth-order valence-corrected chi connectivity index (χ4v) is 3.09. The molecule has 0 aliphatic carbocycles. The number of nitrogens with zero attached hydrogens (tertiary/aromatic N) is 1. The molecule has 4 nitrogen and oxygen atoms in total. The lowest BCUT2D eigenvalue weighted by atomic mass is 9.86. The fraction of sp³-hybridized carbons (Fsp3) is 0.588. The Hall–Kier alpha value is -1.39. The molecular formula is C17H25NO3. The maximum Gasteiger partial charge on any atom is 0.335 e. The third kappa shape index (κ3) is 4.55. The van der Waals surface area contributed by atoms with E-state index in [1.807, 2.05) is 12.1 Å². The van der Waals surface area contributed by atoms with E-state index in [9.17, 15) is 4.79 Å². The van der Waals surface area contributed by atoms with Crippen LogP contribution >= 0.6 is 0 Å². The third-order valence-electron chi connectivity index (χ3n) is 4.47. The number of aromatic carboxylic acids is 1. The minimum Gasteiger partial charge on any atom is -0.478 e. The number of piperidine rings is 1. The lowest BCUT2D eigenvalue weighted by Gasteiger charge is -2.34. The lowest BCUT2D eigenvalue weighted by molar-refractivity contribution is 0.0696. The van der Waals surface area contributed by atoms with Gasteiger partial charge in [-0.15, -0.1) is 0 Å². The maximum absolute atomic E-state index is 10.8. The predicted molar refractivity (Wildman–Crippen MR) is 82.4 cm³/mol. The number of carboxylic acids is 1. The van der Waals surface area contributed by atoms with Crippen LogP contribution in [0.5, 0.6) is 0 Å². The molecule has 1 aromatic rings. The molecule has 0 amide bonds. The van der Waals surface area contributed by atoms with E-state index >= 15 is 0 Å². The van der Waals surface area contributed by atoms with Crippen LogP contribution in [0.3, 0.4) is 0 Å². The average Bonchev–Trinajstić information content (AvgIpc) is 2.49. The molecule has 1 aromatic carbocycles. The zero-order chi connectivity index (χ0) is 15.2. The van der Waals surface area contributed by atoms with Crippen LogP contribution in [-0.4, -0.2) is 42.8 Å². The van der Waals surface area contributed by atoms with E-state index in [1.54, 1.807) is 19.2 Å². The van der Waals surface area contributed by atoms with Gasteiger partial charge in [-0.05, 0) is 55.5 Å². The second kappa shape index (κ2) is 7.57. The molecule has 1 saturated heterocycles. The SMILES string of the molecule is COCC(C)C1CCN(Cc2ccc(C(=O)O)cc2)CC1. The molecule has 0 aromatic heterocycles. The highest BCUT2D eigenvalue weighted by Crippen LogP contribution is 2.26. The summed E-state index contributed by atoms with van der Waals surface area (Å²) in [7, 11) is 1.77. The molecule has 1 heterocycles. The molecule has 4 heteroatoms. The van der Waals surface area contributed by atoms with Crippen LogP contribution in [0, 0.1) is 11.8 Å². The molecule has 21 heavy (non-hydrogen) atoms. The van der Waals surface area contributed by atoms with Gasteiger partial charge in [0.15, 0.2) is 0 Å². The van der Waals surface area contributed by atoms with E-state index < -0.39 is 5.97 Å². The van der Waals surface area contributed by atoms with Gasteiger partial charge >= 0.3 is 5.97 Å². The Morgan fingerprint density at radius 1 is 1.33 bits per heavy atom. The molecule has 1 fully saturated rings. The first-order valence-electron chi connectivity index (χ1n) is 7.63. The van der Waals surface area contributed by atoms with E-state index in [0.717, 1.165) is 32.2 Å². The van der Waals surface area contributed by atoms with E-state index in [4.69, 9.17) is 9.84 Å². The van der Waals surface area contributed by atoms with Crippen LogP contribution in [-0.2, 0) is 11.3 Å². The Kier molecular flexibility index (Phi) is 5.76. The van der Waals surface area contributed by atoms with Crippen molar-refractivity contribution >= 4 is 5.97 Å². The summed E-state index contributed by atoms with van der Waals surface area (Å²) >= 11 is 0. The van der Waals surface area contributed by atoms with Crippen molar-refractivity contribution in [2.24, 2.45) is 11.8 Å². The molecule has 1 aliphatic heterocycles. The summed E-state index contributed by atoms with van der Waals surface area (Å²) in [5, 5.41) is 8.90. The summed E-state index contributed by atoms with van der Waals surface area (Å²) in [5.41, 5.74) is 1.54. The van der Waals surface area contributed by atoms with E-state index in [2.05, 4.69) is 11.8 Å². The quantitative estimate of drug-likeness (QED) is 0.875. The number of benzene rings is 1. The zero-order valence-electron chi connectivity index (χ0n) is 12.9. The van der Waals surface area contributed by atoms with Crippen molar-refractivity contribution in [1.82, 2.24) is 4.90 Å². The zero-order valence-corrected chi connectivity index (χ0v) is 12.9. The number of rotatable bonds is 6.